The van der Waals surface area contributed by atoms with Gasteiger partial charge in [-0.1, -0.05) is 19.4 Å². The van der Waals surface area contributed by atoms with E-state index in [-0.39, 0.29) is 19.3 Å². The van der Waals surface area contributed by atoms with Crippen LogP contribution in [-0.2, 0) is 16.1 Å². The van der Waals surface area contributed by atoms with E-state index in [1.165, 1.54) is 7.11 Å². The summed E-state index contributed by atoms with van der Waals surface area (Å²) in [4.78, 5) is 13.9. The summed E-state index contributed by atoms with van der Waals surface area (Å²) in [5.74, 6) is 1.52. The van der Waals surface area contributed by atoms with E-state index in [0.29, 0.717) is 6.54 Å². The second-order valence-electron chi connectivity index (χ2n) is 4.79. The van der Waals surface area contributed by atoms with Crippen LogP contribution in [0.4, 0.5) is 0 Å². The van der Waals surface area contributed by atoms with Gasteiger partial charge in [-0.15, -0.1) is 0 Å². The van der Waals surface area contributed by atoms with Crippen LogP contribution in [0.2, 0.25) is 0 Å². The van der Waals surface area contributed by atoms with Crippen molar-refractivity contribution < 1.29 is 19.0 Å². The molecule has 0 N–H and O–H groups in total. The molecule has 1 heterocycles. The number of rotatable bonds is 7. The van der Waals surface area contributed by atoms with E-state index in [4.69, 9.17) is 14.2 Å². The molecule has 1 amide bonds. The third kappa shape index (κ3) is 3.63. The maximum atomic E-state index is 12.0. The number of ether oxygens (including phenoxy) is 3. The Morgan fingerprint density at radius 1 is 1.35 bits per heavy atom. The zero-order chi connectivity index (χ0) is 14.4. The molecule has 0 saturated carbocycles. The Kier molecular flexibility index (Phi) is 5.24. The number of carbonyl (C=O) groups excluding carboxylic acids is 1. The van der Waals surface area contributed by atoms with Crippen molar-refractivity contribution in [2.45, 2.75) is 26.3 Å². The molecular weight excluding hydrogens is 258 g/mol. The standard InChI is InChI=1S/C15H21NO4/c1-3-4-7-16(15(17)10-18-2)9-12-5-6-13-14(8-12)20-11-19-13/h5-6,8H,3-4,7,9-11H2,1-2H3. The van der Waals surface area contributed by atoms with Gasteiger partial charge in [-0.2, -0.15) is 0 Å². The largest absolute Gasteiger partial charge is 0.454 e. The highest BCUT2D eigenvalue weighted by atomic mass is 16.7. The van der Waals surface area contributed by atoms with Crippen molar-refractivity contribution in [1.29, 1.82) is 0 Å². The summed E-state index contributed by atoms with van der Waals surface area (Å²) in [5, 5.41) is 0. The first-order valence-electron chi connectivity index (χ1n) is 6.89. The predicted octanol–water partition coefficient (Wildman–Crippen LogP) is 2.19. The number of carbonyl (C=O) groups is 1. The van der Waals surface area contributed by atoms with E-state index in [0.717, 1.165) is 36.4 Å². The molecule has 5 nitrogen and oxygen atoms in total. The molecule has 2 rings (SSSR count). The zero-order valence-corrected chi connectivity index (χ0v) is 12.1. The molecule has 0 saturated heterocycles. The summed E-state index contributed by atoms with van der Waals surface area (Å²) in [6.07, 6.45) is 2.04. The molecule has 0 atom stereocenters. The Labute approximate surface area is 119 Å². The minimum absolute atomic E-state index is 0.0126. The summed E-state index contributed by atoms with van der Waals surface area (Å²) in [6, 6.07) is 5.78. The number of methoxy groups -OCH3 is 1. The Morgan fingerprint density at radius 2 is 2.15 bits per heavy atom. The van der Waals surface area contributed by atoms with Crippen molar-refractivity contribution in [1.82, 2.24) is 4.90 Å². The highest BCUT2D eigenvalue weighted by Gasteiger charge is 2.17. The Morgan fingerprint density at radius 3 is 2.90 bits per heavy atom. The Balaban J connectivity index is 2.04. The molecule has 5 heteroatoms. The quantitative estimate of drug-likeness (QED) is 0.767. The van der Waals surface area contributed by atoms with Gasteiger partial charge in [-0.05, 0) is 24.1 Å². The molecule has 0 aliphatic carbocycles. The van der Waals surface area contributed by atoms with Gasteiger partial charge in [-0.3, -0.25) is 4.79 Å². The van der Waals surface area contributed by atoms with Crippen LogP contribution < -0.4 is 9.47 Å². The van der Waals surface area contributed by atoms with Gasteiger partial charge in [0.15, 0.2) is 11.5 Å². The van der Waals surface area contributed by atoms with Crippen LogP contribution in [0.15, 0.2) is 18.2 Å². The molecule has 1 aromatic carbocycles. The topological polar surface area (TPSA) is 48.0 Å². The molecule has 1 aliphatic rings. The lowest BCUT2D eigenvalue weighted by atomic mass is 10.1. The summed E-state index contributed by atoms with van der Waals surface area (Å²) in [5.41, 5.74) is 1.04. The monoisotopic (exact) mass is 279 g/mol. The molecule has 0 aromatic heterocycles. The van der Waals surface area contributed by atoms with Crippen LogP contribution >= 0.6 is 0 Å². The van der Waals surface area contributed by atoms with Crippen LogP contribution in [0.1, 0.15) is 25.3 Å². The number of fused-ring (bicyclic) bond motifs is 1. The molecular formula is C15H21NO4. The van der Waals surface area contributed by atoms with Crippen LogP contribution in [0.3, 0.4) is 0 Å². The molecule has 0 spiro atoms. The van der Waals surface area contributed by atoms with E-state index in [9.17, 15) is 4.79 Å². The van der Waals surface area contributed by atoms with Gasteiger partial charge < -0.3 is 19.1 Å². The van der Waals surface area contributed by atoms with E-state index >= 15 is 0 Å². The smallest absolute Gasteiger partial charge is 0.248 e. The molecule has 1 aliphatic heterocycles. The molecule has 1 aromatic rings. The van der Waals surface area contributed by atoms with Crippen LogP contribution in [0, 0.1) is 0 Å². The molecule has 110 valence electrons. The third-order valence-electron chi connectivity index (χ3n) is 3.21. The highest BCUT2D eigenvalue weighted by Crippen LogP contribution is 2.32. The number of hydrogen-bond donors (Lipinski definition) is 0. The maximum Gasteiger partial charge on any atom is 0.248 e. The second kappa shape index (κ2) is 7.14. The van der Waals surface area contributed by atoms with E-state index in [1.54, 1.807) is 0 Å². The lowest BCUT2D eigenvalue weighted by molar-refractivity contribution is -0.135. The molecule has 0 unspecified atom stereocenters. The minimum Gasteiger partial charge on any atom is -0.454 e. The fraction of sp³-hybridized carbons (Fsp3) is 0.533. The SMILES string of the molecule is CCCCN(Cc1ccc2c(c1)OCO2)C(=O)COC. The summed E-state index contributed by atoms with van der Waals surface area (Å²) < 4.78 is 15.6. The third-order valence-corrected chi connectivity index (χ3v) is 3.21. The number of amides is 1. The summed E-state index contributed by atoms with van der Waals surface area (Å²) in [6.45, 7) is 3.81. The maximum absolute atomic E-state index is 12.0. The summed E-state index contributed by atoms with van der Waals surface area (Å²) in [7, 11) is 1.54. The number of benzene rings is 1. The Bertz CT molecular complexity index is 461. The van der Waals surface area contributed by atoms with E-state index < -0.39 is 0 Å². The summed E-state index contributed by atoms with van der Waals surface area (Å²) >= 11 is 0. The van der Waals surface area contributed by atoms with Crippen LogP contribution in [0.25, 0.3) is 0 Å². The predicted molar refractivity (Wildman–Crippen MR) is 74.8 cm³/mol. The molecule has 0 fully saturated rings. The normalized spacial score (nSPS) is 12.5. The lowest BCUT2D eigenvalue weighted by Crippen LogP contribution is -2.34. The first-order valence-corrected chi connectivity index (χ1v) is 6.89. The van der Waals surface area contributed by atoms with Crippen molar-refractivity contribution >= 4 is 5.91 Å². The van der Waals surface area contributed by atoms with Gasteiger partial charge in [0, 0.05) is 20.2 Å². The van der Waals surface area contributed by atoms with Crippen molar-refractivity contribution in [3.8, 4) is 11.5 Å². The van der Waals surface area contributed by atoms with Crippen molar-refractivity contribution in [3.05, 3.63) is 23.8 Å². The first kappa shape index (κ1) is 14.7. The average Bonchev–Trinajstić information content (AvgIpc) is 2.91. The molecule has 20 heavy (non-hydrogen) atoms. The number of hydrogen-bond acceptors (Lipinski definition) is 4. The lowest BCUT2D eigenvalue weighted by Gasteiger charge is -2.22. The van der Waals surface area contributed by atoms with Gasteiger partial charge in [0.25, 0.3) is 0 Å². The fourth-order valence-electron chi connectivity index (χ4n) is 2.12. The number of unbranched alkanes of at least 4 members (excludes halogenated alkanes) is 1. The van der Waals surface area contributed by atoms with Gasteiger partial charge in [0.1, 0.15) is 6.61 Å². The second-order valence-corrected chi connectivity index (χ2v) is 4.79. The van der Waals surface area contributed by atoms with Crippen molar-refractivity contribution in [2.24, 2.45) is 0 Å². The van der Waals surface area contributed by atoms with Crippen LogP contribution in [0.5, 0.6) is 11.5 Å². The minimum atomic E-state index is 0.0126. The van der Waals surface area contributed by atoms with Crippen molar-refractivity contribution in [3.63, 3.8) is 0 Å². The van der Waals surface area contributed by atoms with Gasteiger partial charge >= 0.3 is 0 Å². The Hall–Kier alpha value is -1.75. The zero-order valence-electron chi connectivity index (χ0n) is 12.1. The first-order chi connectivity index (χ1) is 9.74. The van der Waals surface area contributed by atoms with Crippen molar-refractivity contribution in [2.75, 3.05) is 27.1 Å². The van der Waals surface area contributed by atoms with E-state index in [1.807, 2.05) is 23.1 Å². The highest BCUT2D eigenvalue weighted by molar-refractivity contribution is 5.77. The molecule has 0 bridgehead atoms. The average molecular weight is 279 g/mol. The van der Waals surface area contributed by atoms with Gasteiger partial charge in [-0.25, -0.2) is 0 Å². The van der Waals surface area contributed by atoms with Crippen LogP contribution in [-0.4, -0.2) is 37.9 Å². The fourth-order valence-corrected chi connectivity index (χ4v) is 2.12. The van der Waals surface area contributed by atoms with Gasteiger partial charge in [0.05, 0.1) is 0 Å². The van der Waals surface area contributed by atoms with E-state index in [2.05, 4.69) is 6.92 Å². The van der Waals surface area contributed by atoms with Gasteiger partial charge in [0.2, 0.25) is 12.7 Å². The molecule has 0 radical (unpaired) electrons. The number of nitrogens with zero attached hydrogens (tertiary/aromatic N) is 1.